The van der Waals surface area contributed by atoms with Gasteiger partial charge in [-0.25, -0.2) is 14.4 Å². The Bertz CT molecular complexity index is 678. The molecule has 5 nitrogen and oxygen atoms in total. The first-order chi connectivity index (χ1) is 11.2. The van der Waals surface area contributed by atoms with Crippen molar-refractivity contribution in [2.75, 3.05) is 11.9 Å². The lowest BCUT2D eigenvalue weighted by atomic mass is 10.1. The van der Waals surface area contributed by atoms with Crippen LogP contribution < -0.4 is 10.6 Å². The fourth-order valence-electron chi connectivity index (χ4n) is 2.84. The lowest BCUT2D eigenvalue weighted by molar-refractivity contribution is -0.121. The number of hydrogen-bond donors (Lipinski definition) is 2. The first-order valence-electron chi connectivity index (χ1n) is 7.81. The number of hydrogen-bond acceptors (Lipinski definition) is 4. The predicted octanol–water partition coefficient (Wildman–Crippen LogP) is 2.61. The zero-order chi connectivity index (χ0) is 16.1. The zero-order valence-electron chi connectivity index (χ0n) is 12.8. The van der Waals surface area contributed by atoms with E-state index < -0.39 is 0 Å². The van der Waals surface area contributed by atoms with E-state index in [2.05, 4.69) is 20.6 Å². The van der Waals surface area contributed by atoms with Crippen molar-refractivity contribution in [1.29, 1.82) is 0 Å². The number of amides is 1. The molecule has 1 aliphatic rings. The SMILES string of the molecule is O=C(CCCNc1ncccn1)NC1CCc2cc(F)ccc21. The van der Waals surface area contributed by atoms with Gasteiger partial charge < -0.3 is 10.6 Å². The van der Waals surface area contributed by atoms with Crippen LogP contribution in [0.4, 0.5) is 10.3 Å². The number of nitrogens with zero attached hydrogens (tertiary/aromatic N) is 2. The van der Waals surface area contributed by atoms with Crippen molar-refractivity contribution >= 4 is 11.9 Å². The van der Waals surface area contributed by atoms with Crippen molar-refractivity contribution in [3.63, 3.8) is 0 Å². The second-order valence-electron chi connectivity index (χ2n) is 5.60. The summed E-state index contributed by atoms with van der Waals surface area (Å²) >= 11 is 0. The Hall–Kier alpha value is -2.50. The van der Waals surface area contributed by atoms with E-state index in [4.69, 9.17) is 0 Å². The van der Waals surface area contributed by atoms with Crippen LogP contribution in [0, 0.1) is 5.82 Å². The van der Waals surface area contributed by atoms with Crippen molar-refractivity contribution in [2.45, 2.75) is 31.7 Å². The van der Waals surface area contributed by atoms with Crippen molar-refractivity contribution in [1.82, 2.24) is 15.3 Å². The van der Waals surface area contributed by atoms with Gasteiger partial charge in [0.05, 0.1) is 6.04 Å². The molecule has 1 unspecified atom stereocenters. The van der Waals surface area contributed by atoms with Gasteiger partial charge in [0.1, 0.15) is 5.82 Å². The van der Waals surface area contributed by atoms with Crippen LogP contribution in [0.2, 0.25) is 0 Å². The van der Waals surface area contributed by atoms with Gasteiger partial charge in [-0.1, -0.05) is 6.07 Å². The molecule has 3 rings (SSSR count). The average molecular weight is 314 g/mol. The van der Waals surface area contributed by atoms with Crippen molar-refractivity contribution < 1.29 is 9.18 Å². The molecule has 0 fully saturated rings. The molecule has 0 saturated heterocycles. The molecule has 1 aromatic carbocycles. The third kappa shape index (κ3) is 4.03. The van der Waals surface area contributed by atoms with Crippen LogP contribution in [0.1, 0.15) is 36.4 Å². The number of benzene rings is 1. The quantitative estimate of drug-likeness (QED) is 0.804. The fourth-order valence-corrected chi connectivity index (χ4v) is 2.84. The summed E-state index contributed by atoms with van der Waals surface area (Å²) in [6, 6.07) is 6.54. The summed E-state index contributed by atoms with van der Waals surface area (Å²) in [5, 5.41) is 6.10. The van der Waals surface area contributed by atoms with Gasteiger partial charge in [-0.05, 0) is 48.6 Å². The van der Waals surface area contributed by atoms with E-state index in [1.807, 2.05) is 0 Å². The minimum Gasteiger partial charge on any atom is -0.354 e. The van der Waals surface area contributed by atoms with Gasteiger partial charge in [0.15, 0.2) is 0 Å². The van der Waals surface area contributed by atoms with Gasteiger partial charge in [0.2, 0.25) is 11.9 Å². The Balaban J connectivity index is 1.42. The molecular weight excluding hydrogens is 295 g/mol. The van der Waals surface area contributed by atoms with Gasteiger partial charge in [-0.3, -0.25) is 4.79 Å². The molecule has 0 saturated carbocycles. The minimum absolute atomic E-state index is 0.00326. The van der Waals surface area contributed by atoms with Crippen LogP contribution in [-0.4, -0.2) is 22.4 Å². The summed E-state index contributed by atoms with van der Waals surface area (Å²) in [6.45, 7) is 0.643. The number of halogens is 1. The largest absolute Gasteiger partial charge is 0.354 e. The normalized spacial score (nSPS) is 16.0. The Morgan fingerprint density at radius 2 is 2.13 bits per heavy atom. The monoisotopic (exact) mass is 314 g/mol. The van der Waals surface area contributed by atoms with E-state index in [1.165, 1.54) is 6.07 Å². The summed E-state index contributed by atoms with van der Waals surface area (Å²) in [6.07, 6.45) is 6.12. The average Bonchev–Trinajstić information content (AvgIpc) is 2.94. The maximum atomic E-state index is 13.2. The molecule has 0 bridgehead atoms. The summed E-state index contributed by atoms with van der Waals surface area (Å²) in [7, 11) is 0. The highest BCUT2D eigenvalue weighted by Crippen LogP contribution is 2.31. The lowest BCUT2D eigenvalue weighted by Gasteiger charge is -2.14. The summed E-state index contributed by atoms with van der Waals surface area (Å²) < 4.78 is 13.2. The maximum absolute atomic E-state index is 13.2. The Morgan fingerprint density at radius 1 is 1.30 bits per heavy atom. The first-order valence-corrected chi connectivity index (χ1v) is 7.81. The number of nitrogens with one attached hydrogen (secondary N) is 2. The Kier molecular flexibility index (Phi) is 4.80. The van der Waals surface area contributed by atoms with Crippen LogP contribution in [0.3, 0.4) is 0 Å². The zero-order valence-corrected chi connectivity index (χ0v) is 12.8. The molecular formula is C17H19FN4O. The molecule has 6 heteroatoms. The van der Waals surface area contributed by atoms with Crippen molar-refractivity contribution in [3.05, 3.63) is 53.6 Å². The van der Waals surface area contributed by atoms with Crippen molar-refractivity contribution in [2.24, 2.45) is 0 Å². The van der Waals surface area contributed by atoms with E-state index in [1.54, 1.807) is 30.6 Å². The summed E-state index contributed by atoms with van der Waals surface area (Å²) in [5.74, 6) is 0.368. The molecule has 0 radical (unpaired) electrons. The second kappa shape index (κ2) is 7.17. The standard InChI is InChI=1S/C17H19FN4O/c18-13-5-6-14-12(11-13)4-7-15(14)22-16(23)3-1-8-19-17-20-9-2-10-21-17/h2,5-6,9-11,15H,1,3-4,7-8H2,(H,22,23)(H,19,20,21). The molecule has 1 heterocycles. The summed E-state index contributed by atoms with van der Waals surface area (Å²) in [5.41, 5.74) is 2.04. The number of rotatable bonds is 6. The predicted molar refractivity (Wildman–Crippen MR) is 85.4 cm³/mol. The highest BCUT2D eigenvalue weighted by Gasteiger charge is 2.23. The lowest BCUT2D eigenvalue weighted by Crippen LogP contribution is -2.27. The molecule has 0 spiro atoms. The van der Waals surface area contributed by atoms with Crippen LogP contribution in [0.15, 0.2) is 36.7 Å². The van der Waals surface area contributed by atoms with Gasteiger partial charge in [-0.15, -0.1) is 0 Å². The van der Waals surface area contributed by atoms with Crippen LogP contribution in [0.5, 0.6) is 0 Å². The molecule has 2 N–H and O–H groups in total. The molecule has 2 aromatic rings. The van der Waals surface area contributed by atoms with Crippen LogP contribution in [-0.2, 0) is 11.2 Å². The topological polar surface area (TPSA) is 66.9 Å². The molecule has 1 aromatic heterocycles. The highest BCUT2D eigenvalue weighted by molar-refractivity contribution is 5.76. The van der Waals surface area contributed by atoms with Crippen LogP contribution >= 0.6 is 0 Å². The van der Waals surface area contributed by atoms with Gasteiger partial charge in [0.25, 0.3) is 0 Å². The Morgan fingerprint density at radius 3 is 2.96 bits per heavy atom. The Labute approximate surface area is 134 Å². The third-order valence-corrected chi connectivity index (χ3v) is 3.95. The number of carbonyl (C=O) groups is 1. The van der Waals surface area contributed by atoms with E-state index >= 15 is 0 Å². The minimum atomic E-state index is -0.218. The number of aryl methyl sites for hydroxylation is 1. The van der Waals surface area contributed by atoms with Crippen molar-refractivity contribution in [3.8, 4) is 0 Å². The molecule has 23 heavy (non-hydrogen) atoms. The number of fused-ring (bicyclic) bond motifs is 1. The molecule has 120 valence electrons. The van der Waals surface area contributed by atoms with E-state index in [0.29, 0.717) is 25.3 Å². The third-order valence-electron chi connectivity index (χ3n) is 3.95. The van der Waals surface area contributed by atoms with Gasteiger partial charge in [0, 0.05) is 25.4 Å². The number of anilines is 1. The first kappa shape index (κ1) is 15.4. The maximum Gasteiger partial charge on any atom is 0.222 e. The summed E-state index contributed by atoms with van der Waals surface area (Å²) in [4.78, 5) is 20.2. The molecule has 1 aliphatic carbocycles. The van der Waals surface area contributed by atoms with E-state index in [9.17, 15) is 9.18 Å². The van der Waals surface area contributed by atoms with Crippen LogP contribution in [0.25, 0.3) is 0 Å². The van der Waals surface area contributed by atoms with E-state index in [0.717, 1.165) is 24.0 Å². The second-order valence-corrected chi connectivity index (χ2v) is 5.60. The number of aromatic nitrogens is 2. The van der Waals surface area contributed by atoms with Gasteiger partial charge >= 0.3 is 0 Å². The fraction of sp³-hybridized carbons (Fsp3) is 0.353. The molecule has 1 atom stereocenters. The van der Waals surface area contributed by atoms with Gasteiger partial charge in [-0.2, -0.15) is 0 Å². The highest BCUT2D eigenvalue weighted by atomic mass is 19.1. The number of carbonyl (C=O) groups excluding carboxylic acids is 1. The molecule has 0 aliphatic heterocycles. The smallest absolute Gasteiger partial charge is 0.222 e. The van der Waals surface area contributed by atoms with E-state index in [-0.39, 0.29) is 17.8 Å². The molecule has 1 amide bonds.